The van der Waals surface area contributed by atoms with Crippen LogP contribution in [0.3, 0.4) is 0 Å². The third-order valence-corrected chi connectivity index (χ3v) is 6.62. The van der Waals surface area contributed by atoms with Crippen LogP contribution in [-0.4, -0.2) is 18.8 Å². The van der Waals surface area contributed by atoms with E-state index in [0.717, 1.165) is 34.6 Å². The molecule has 0 amide bonds. The molecule has 0 aliphatic rings. The number of carbonyl (C=O) groups excluding carboxylic acids is 1. The van der Waals surface area contributed by atoms with Crippen LogP contribution in [0.2, 0.25) is 0 Å². The van der Waals surface area contributed by atoms with E-state index < -0.39 is 15.8 Å². The van der Waals surface area contributed by atoms with E-state index >= 15 is 0 Å². The summed E-state index contributed by atoms with van der Waals surface area (Å²) in [4.78, 5) is 12.4. The van der Waals surface area contributed by atoms with Crippen molar-refractivity contribution >= 4 is 32.4 Å². The second-order valence-electron chi connectivity index (χ2n) is 7.48. The van der Waals surface area contributed by atoms with Crippen molar-refractivity contribution in [3.8, 4) is 5.69 Å². The number of anilines is 1. The maximum absolute atomic E-state index is 13.1. The van der Waals surface area contributed by atoms with Crippen LogP contribution in [0, 0.1) is 19.7 Å². The largest absolute Gasteiger partial charge is 0.313 e. The van der Waals surface area contributed by atoms with Crippen LogP contribution in [0.4, 0.5) is 10.1 Å². The maximum atomic E-state index is 13.1. The Bertz CT molecular complexity index is 1400. The molecule has 4 rings (SSSR count). The molecule has 0 saturated heterocycles. The van der Waals surface area contributed by atoms with E-state index in [9.17, 15) is 17.6 Å². The Balaban J connectivity index is 1.84. The summed E-state index contributed by atoms with van der Waals surface area (Å²) in [7, 11) is -3.90. The minimum Gasteiger partial charge on any atom is -0.313 e. The molecule has 1 heterocycles. The molecule has 0 radical (unpaired) electrons. The fourth-order valence-electron chi connectivity index (χ4n) is 3.78. The van der Waals surface area contributed by atoms with Gasteiger partial charge in [0.1, 0.15) is 5.82 Å². The van der Waals surface area contributed by atoms with E-state index in [4.69, 9.17) is 0 Å². The number of rotatable bonds is 5. The fourth-order valence-corrected chi connectivity index (χ4v) is 4.83. The van der Waals surface area contributed by atoms with Crippen LogP contribution in [0.15, 0.2) is 71.6 Å². The number of halogens is 1. The van der Waals surface area contributed by atoms with Gasteiger partial charge in [0.2, 0.25) is 0 Å². The molecule has 1 aromatic heterocycles. The van der Waals surface area contributed by atoms with Gasteiger partial charge in [-0.3, -0.25) is 9.52 Å². The molecule has 0 atom stereocenters. The number of aromatic nitrogens is 1. The summed E-state index contributed by atoms with van der Waals surface area (Å²) < 4.78 is 43.0. The van der Waals surface area contributed by atoms with Crippen LogP contribution < -0.4 is 4.72 Å². The number of carbonyl (C=O) groups is 1. The first-order valence-electron chi connectivity index (χ1n) is 9.69. The Morgan fingerprint density at radius 3 is 2.19 bits per heavy atom. The molecule has 1 N–H and O–H groups in total. The molecule has 0 saturated carbocycles. The zero-order valence-electron chi connectivity index (χ0n) is 17.3. The summed E-state index contributed by atoms with van der Waals surface area (Å²) in [6, 6.07) is 17.7. The van der Waals surface area contributed by atoms with E-state index in [1.54, 1.807) is 18.2 Å². The van der Waals surface area contributed by atoms with Crippen LogP contribution in [0.5, 0.6) is 0 Å². The molecule has 0 fully saturated rings. The number of nitrogens with one attached hydrogen (secondary N) is 1. The van der Waals surface area contributed by atoms with Gasteiger partial charge in [-0.25, -0.2) is 12.8 Å². The Hall–Kier alpha value is -3.45. The van der Waals surface area contributed by atoms with Gasteiger partial charge in [0, 0.05) is 28.0 Å². The predicted molar refractivity (Wildman–Crippen MR) is 120 cm³/mol. The highest BCUT2D eigenvalue weighted by molar-refractivity contribution is 7.92. The topological polar surface area (TPSA) is 68.2 Å². The van der Waals surface area contributed by atoms with Gasteiger partial charge in [0.25, 0.3) is 10.0 Å². The summed E-state index contributed by atoms with van der Waals surface area (Å²) in [5, 5.41) is 0.657. The number of aryl methyl sites for hydroxylation is 1. The number of fused-ring (bicyclic) bond motifs is 1. The summed E-state index contributed by atoms with van der Waals surface area (Å²) in [5.74, 6) is -0.619. The second kappa shape index (κ2) is 7.67. The average Bonchev–Trinajstić information content (AvgIpc) is 3.00. The monoisotopic (exact) mass is 436 g/mol. The van der Waals surface area contributed by atoms with Crippen molar-refractivity contribution in [1.29, 1.82) is 0 Å². The minimum absolute atomic E-state index is 0.0470. The third-order valence-electron chi connectivity index (χ3n) is 5.22. The quantitative estimate of drug-likeness (QED) is 0.427. The van der Waals surface area contributed by atoms with Crippen LogP contribution in [-0.2, 0) is 10.0 Å². The summed E-state index contributed by atoms with van der Waals surface area (Å²) >= 11 is 0. The highest BCUT2D eigenvalue weighted by Gasteiger charge is 2.20. The number of hydrogen-bond acceptors (Lipinski definition) is 3. The first-order valence-corrected chi connectivity index (χ1v) is 11.2. The van der Waals surface area contributed by atoms with E-state index in [1.807, 2.05) is 42.7 Å². The average molecular weight is 437 g/mol. The third kappa shape index (κ3) is 3.84. The molecule has 31 heavy (non-hydrogen) atoms. The van der Waals surface area contributed by atoms with Gasteiger partial charge in [-0.2, -0.15) is 0 Å². The van der Waals surface area contributed by atoms with Crippen LogP contribution >= 0.6 is 0 Å². The standard InChI is InChI=1S/C24H21FN2O3S/c1-15-4-9-20(10-5-15)27-16(2)24(17(3)28)22-14-19(8-13-23(22)27)26-31(29,30)21-11-6-18(25)7-12-21/h4-14,26H,1-3H3. The lowest BCUT2D eigenvalue weighted by molar-refractivity contribution is 0.101. The van der Waals surface area contributed by atoms with Crippen molar-refractivity contribution < 1.29 is 17.6 Å². The normalized spacial score (nSPS) is 11.6. The lowest BCUT2D eigenvalue weighted by Gasteiger charge is -2.10. The fraction of sp³-hybridized carbons (Fsp3) is 0.125. The van der Waals surface area contributed by atoms with Crippen molar-refractivity contribution in [1.82, 2.24) is 4.57 Å². The number of Topliss-reactive ketones (excluding diaryl/α,β-unsaturated/α-hetero) is 1. The lowest BCUT2D eigenvalue weighted by atomic mass is 10.1. The number of nitrogens with zero attached hydrogens (tertiary/aromatic N) is 1. The van der Waals surface area contributed by atoms with Crippen molar-refractivity contribution in [3.63, 3.8) is 0 Å². The molecule has 7 heteroatoms. The Kier molecular flexibility index (Phi) is 5.15. The smallest absolute Gasteiger partial charge is 0.261 e. The van der Waals surface area contributed by atoms with Gasteiger partial charge in [-0.05, 0) is 75.4 Å². The molecule has 4 aromatic rings. The van der Waals surface area contributed by atoms with Gasteiger partial charge < -0.3 is 4.57 Å². The maximum Gasteiger partial charge on any atom is 0.261 e. The molecule has 5 nitrogen and oxygen atoms in total. The first-order chi connectivity index (χ1) is 14.7. The predicted octanol–water partition coefficient (Wildman–Crippen LogP) is 5.39. The molecular weight excluding hydrogens is 415 g/mol. The molecule has 3 aromatic carbocycles. The number of sulfonamides is 1. The molecule has 0 aliphatic carbocycles. The minimum atomic E-state index is -3.90. The summed E-state index contributed by atoms with van der Waals surface area (Å²) in [5.41, 5.74) is 4.49. The van der Waals surface area contributed by atoms with E-state index in [0.29, 0.717) is 16.6 Å². The number of hydrogen-bond donors (Lipinski definition) is 1. The second-order valence-corrected chi connectivity index (χ2v) is 9.16. The van der Waals surface area contributed by atoms with E-state index in [-0.39, 0.29) is 10.7 Å². The number of ketones is 1. The van der Waals surface area contributed by atoms with Gasteiger partial charge in [-0.15, -0.1) is 0 Å². The summed E-state index contributed by atoms with van der Waals surface area (Å²) in [6.45, 7) is 5.38. The van der Waals surface area contributed by atoms with Gasteiger partial charge in [-0.1, -0.05) is 17.7 Å². The van der Waals surface area contributed by atoms with Gasteiger partial charge in [0.05, 0.1) is 10.4 Å². The van der Waals surface area contributed by atoms with Crippen molar-refractivity contribution in [2.75, 3.05) is 4.72 Å². The Labute approximate surface area is 180 Å². The summed E-state index contributed by atoms with van der Waals surface area (Å²) in [6.07, 6.45) is 0. The molecule has 158 valence electrons. The Morgan fingerprint density at radius 1 is 0.935 bits per heavy atom. The van der Waals surface area contributed by atoms with Crippen molar-refractivity contribution in [2.45, 2.75) is 25.7 Å². The SMILES string of the molecule is CC(=O)c1c(C)n(-c2ccc(C)cc2)c2ccc(NS(=O)(=O)c3ccc(F)cc3)cc12. The van der Waals surface area contributed by atoms with Gasteiger partial charge in [0.15, 0.2) is 5.78 Å². The van der Waals surface area contributed by atoms with Crippen LogP contribution in [0.25, 0.3) is 16.6 Å². The van der Waals surface area contributed by atoms with E-state index in [2.05, 4.69) is 4.72 Å². The van der Waals surface area contributed by atoms with Gasteiger partial charge >= 0.3 is 0 Å². The molecular formula is C24H21FN2O3S. The molecule has 0 bridgehead atoms. The zero-order valence-corrected chi connectivity index (χ0v) is 18.1. The van der Waals surface area contributed by atoms with Crippen molar-refractivity contribution in [3.05, 3.63) is 89.4 Å². The molecule has 0 unspecified atom stereocenters. The Morgan fingerprint density at radius 2 is 1.58 bits per heavy atom. The number of benzene rings is 3. The lowest BCUT2D eigenvalue weighted by Crippen LogP contribution is -2.12. The highest BCUT2D eigenvalue weighted by atomic mass is 32.2. The first kappa shape index (κ1) is 20.8. The molecule has 0 spiro atoms. The van der Waals surface area contributed by atoms with E-state index in [1.165, 1.54) is 19.1 Å². The zero-order chi connectivity index (χ0) is 22.3. The van der Waals surface area contributed by atoms with Crippen LogP contribution in [0.1, 0.15) is 28.5 Å². The van der Waals surface area contributed by atoms with Crippen molar-refractivity contribution in [2.24, 2.45) is 0 Å². The molecule has 0 aliphatic heterocycles. The highest BCUT2D eigenvalue weighted by Crippen LogP contribution is 2.32.